The Morgan fingerprint density at radius 1 is 1.18 bits per heavy atom. The molecule has 0 unspecified atom stereocenters. The van der Waals surface area contributed by atoms with Crippen molar-refractivity contribution in [3.63, 3.8) is 0 Å². The van der Waals surface area contributed by atoms with Crippen LogP contribution in [-0.4, -0.2) is 23.5 Å². The van der Waals surface area contributed by atoms with Gasteiger partial charge in [-0.3, -0.25) is 9.59 Å². The molecule has 1 aliphatic heterocycles. The van der Waals surface area contributed by atoms with Crippen molar-refractivity contribution in [3.05, 3.63) is 29.3 Å². The predicted molar refractivity (Wildman–Crippen MR) is 83.6 cm³/mol. The van der Waals surface area contributed by atoms with Gasteiger partial charge in [0, 0.05) is 18.2 Å². The van der Waals surface area contributed by atoms with Gasteiger partial charge in [0.15, 0.2) is 0 Å². The van der Waals surface area contributed by atoms with Gasteiger partial charge in [0.05, 0.1) is 5.92 Å². The highest BCUT2D eigenvalue weighted by Gasteiger charge is 2.31. The molecule has 118 valence electrons. The van der Waals surface area contributed by atoms with Gasteiger partial charge in [0.25, 0.3) is 0 Å². The van der Waals surface area contributed by atoms with Crippen molar-refractivity contribution in [3.8, 4) is 0 Å². The van der Waals surface area contributed by atoms with Gasteiger partial charge in [-0.1, -0.05) is 12.5 Å². The Hall–Kier alpha value is -1.88. The van der Waals surface area contributed by atoms with Crippen LogP contribution in [0, 0.1) is 11.8 Å². The molecule has 1 fully saturated rings. The first-order chi connectivity index (χ1) is 10.6. The molecule has 1 aromatic carbocycles. The van der Waals surface area contributed by atoms with Crippen LogP contribution in [0.25, 0.3) is 0 Å². The van der Waals surface area contributed by atoms with Gasteiger partial charge in [-0.25, -0.2) is 0 Å². The summed E-state index contributed by atoms with van der Waals surface area (Å²) in [5.41, 5.74) is 3.38. The summed E-state index contributed by atoms with van der Waals surface area (Å²) in [6, 6.07) is 6.04. The molecule has 1 saturated carbocycles. The first-order valence-electron chi connectivity index (χ1n) is 7.99. The van der Waals surface area contributed by atoms with E-state index in [1.807, 2.05) is 12.1 Å². The fourth-order valence-electron chi connectivity index (χ4n) is 3.45. The molecular weight excluding hydrogens is 280 g/mol. The van der Waals surface area contributed by atoms with Gasteiger partial charge in [-0.2, -0.15) is 0 Å². The van der Waals surface area contributed by atoms with Crippen LogP contribution >= 0.6 is 0 Å². The van der Waals surface area contributed by atoms with Crippen molar-refractivity contribution >= 4 is 17.6 Å². The van der Waals surface area contributed by atoms with E-state index in [0.717, 1.165) is 38.0 Å². The van der Waals surface area contributed by atoms with E-state index in [2.05, 4.69) is 16.7 Å². The molecule has 22 heavy (non-hydrogen) atoms. The van der Waals surface area contributed by atoms with Crippen LogP contribution < -0.4 is 10.6 Å². The van der Waals surface area contributed by atoms with Crippen LogP contribution in [0.1, 0.15) is 36.8 Å². The topological polar surface area (TPSA) is 78.4 Å². The zero-order valence-electron chi connectivity index (χ0n) is 12.6. The van der Waals surface area contributed by atoms with Gasteiger partial charge in [0.1, 0.15) is 0 Å². The highest BCUT2D eigenvalue weighted by molar-refractivity contribution is 5.93. The molecule has 0 saturated heterocycles. The zero-order chi connectivity index (χ0) is 15.5. The molecule has 0 spiro atoms. The number of aliphatic carboxylic acids is 1. The standard InChI is InChI=1S/C17H22N2O3/c20-16(12-2-1-3-13(8-12)17(21)22)19-15-5-4-11-6-7-18-10-14(11)9-15/h4-5,9,12-13,18H,1-3,6-8,10H2,(H,19,20)(H,21,22)/t12-,13+/m0/s1. The van der Waals surface area contributed by atoms with Gasteiger partial charge >= 0.3 is 5.97 Å². The van der Waals surface area contributed by atoms with Crippen molar-refractivity contribution in [2.45, 2.75) is 38.6 Å². The molecule has 5 heteroatoms. The molecule has 1 aromatic rings. The first kappa shape index (κ1) is 15.0. The van der Waals surface area contributed by atoms with Crippen molar-refractivity contribution in [1.82, 2.24) is 5.32 Å². The molecule has 5 nitrogen and oxygen atoms in total. The van der Waals surface area contributed by atoms with Crippen LogP contribution in [-0.2, 0) is 22.6 Å². The van der Waals surface area contributed by atoms with E-state index in [-0.39, 0.29) is 17.7 Å². The normalized spacial score (nSPS) is 24.4. The monoisotopic (exact) mass is 302 g/mol. The number of benzene rings is 1. The molecule has 1 amide bonds. The first-order valence-corrected chi connectivity index (χ1v) is 7.99. The van der Waals surface area contributed by atoms with Crippen molar-refractivity contribution < 1.29 is 14.7 Å². The van der Waals surface area contributed by atoms with E-state index >= 15 is 0 Å². The third kappa shape index (κ3) is 3.30. The summed E-state index contributed by atoms with van der Waals surface area (Å²) in [6.07, 6.45) is 3.75. The van der Waals surface area contributed by atoms with E-state index in [9.17, 15) is 9.59 Å². The lowest BCUT2D eigenvalue weighted by Crippen LogP contribution is -2.31. The lowest BCUT2D eigenvalue weighted by molar-refractivity contribution is -0.143. The minimum absolute atomic E-state index is 0.0466. The average molecular weight is 302 g/mol. The summed E-state index contributed by atoms with van der Waals surface area (Å²) < 4.78 is 0. The number of amides is 1. The van der Waals surface area contributed by atoms with Crippen LogP contribution in [0.2, 0.25) is 0 Å². The largest absolute Gasteiger partial charge is 0.481 e. The number of rotatable bonds is 3. The quantitative estimate of drug-likeness (QED) is 0.799. The Morgan fingerprint density at radius 2 is 2.00 bits per heavy atom. The van der Waals surface area contributed by atoms with E-state index < -0.39 is 5.97 Å². The summed E-state index contributed by atoms with van der Waals surface area (Å²) in [6.45, 7) is 1.83. The van der Waals surface area contributed by atoms with E-state index in [1.165, 1.54) is 11.1 Å². The third-order valence-electron chi connectivity index (χ3n) is 4.75. The lowest BCUT2D eigenvalue weighted by Gasteiger charge is -2.26. The second-order valence-corrected chi connectivity index (χ2v) is 6.30. The summed E-state index contributed by atoms with van der Waals surface area (Å²) in [7, 11) is 0. The SMILES string of the molecule is O=C(O)[C@@H]1CCC[C@H](C(=O)Nc2ccc3c(c2)CNCC3)C1. The molecule has 3 N–H and O–H groups in total. The summed E-state index contributed by atoms with van der Waals surface area (Å²) >= 11 is 0. The fraction of sp³-hybridized carbons (Fsp3) is 0.529. The minimum Gasteiger partial charge on any atom is -0.481 e. The van der Waals surface area contributed by atoms with Crippen LogP contribution in [0.15, 0.2) is 18.2 Å². The Kier molecular flexibility index (Phi) is 4.43. The van der Waals surface area contributed by atoms with Gasteiger partial charge in [0.2, 0.25) is 5.91 Å². The van der Waals surface area contributed by atoms with Crippen molar-refractivity contribution in [1.29, 1.82) is 0 Å². The molecule has 1 heterocycles. The molecular formula is C17H22N2O3. The number of nitrogens with one attached hydrogen (secondary N) is 2. The Morgan fingerprint density at radius 3 is 2.82 bits per heavy atom. The Bertz CT molecular complexity index is 585. The molecule has 0 bridgehead atoms. The van der Waals surface area contributed by atoms with Crippen LogP contribution in [0.4, 0.5) is 5.69 Å². The Balaban J connectivity index is 1.65. The second kappa shape index (κ2) is 6.48. The zero-order valence-corrected chi connectivity index (χ0v) is 12.6. The van der Waals surface area contributed by atoms with Gasteiger partial charge in [-0.15, -0.1) is 0 Å². The van der Waals surface area contributed by atoms with Gasteiger partial charge < -0.3 is 15.7 Å². The van der Waals surface area contributed by atoms with Crippen molar-refractivity contribution in [2.24, 2.45) is 11.8 Å². The number of hydrogen-bond acceptors (Lipinski definition) is 3. The highest BCUT2D eigenvalue weighted by Crippen LogP contribution is 2.30. The number of carbonyl (C=O) groups is 2. The third-order valence-corrected chi connectivity index (χ3v) is 4.75. The minimum atomic E-state index is -0.780. The summed E-state index contributed by atoms with van der Waals surface area (Å²) in [5, 5.41) is 15.4. The molecule has 3 rings (SSSR count). The predicted octanol–water partition coefficient (Wildman–Crippen LogP) is 2.16. The average Bonchev–Trinajstić information content (AvgIpc) is 2.55. The van der Waals surface area contributed by atoms with Crippen LogP contribution in [0.5, 0.6) is 0 Å². The number of hydrogen-bond donors (Lipinski definition) is 3. The smallest absolute Gasteiger partial charge is 0.306 e. The number of carbonyl (C=O) groups excluding carboxylic acids is 1. The lowest BCUT2D eigenvalue weighted by atomic mass is 9.81. The molecule has 1 aliphatic carbocycles. The number of anilines is 1. The second-order valence-electron chi connectivity index (χ2n) is 6.30. The van der Waals surface area contributed by atoms with E-state index in [4.69, 9.17) is 5.11 Å². The molecule has 2 aliphatic rings. The summed E-state index contributed by atoms with van der Waals surface area (Å²) in [5.74, 6) is -1.40. The van der Waals surface area contributed by atoms with Gasteiger partial charge in [-0.05, 0) is 55.5 Å². The van der Waals surface area contributed by atoms with E-state index in [1.54, 1.807) is 0 Å². The molecule has 2 atom stereocenters. The molecule has 0 aromatic heterocycles. The number of carboxylic acid groups (broad SMARTS) is 1. The maximum absolute atomic E-state index is 12.4. The van der Waals surface area contributed by atoms with Crippen molar-refractivity contribution in [2.75, 3.05) is 11.9 Å². The fourth-order valence-corrected chi connectivity index (χ4v) is 3.45. The summed E-state index contributed by atoms with van der Waals surface area (Å²) in [4.78, 5) is 23.5. The van der Waals surface area contributed by atoms with E-state index in [0.29, 0.717) is 12.8 Å². The highest BCUT2D eigenvalue weighted by atomic mass is 16.4. The maximum atomic E-state index is 12.4. The number of fused-ring (bicyclic) bond motifs is 1. The number of carboxylic acids is 1. The molecule has 0 radical (unpaired) electrons. The maximum Gasteiger partial charge on any atom is 0.306 e. The Labute approximate surface area is 130 Å². The van der Waals surface area contributed by atoms with Crippen LogP contribution in [0.3, 0.4) is 0 Å².